The topological polar surface area (TPSA) is 77.2 Å². The van der Waals surface area contributed by atoms with Crippen LogP contribution in [0.4, 0.5) is 0 Å². The first-order valence-electron chi connectivity index (χ1n) is 9.96. The smallest absolute Gasteiger partial charge is 0.217 e. The van der Waals surface area contributed by atoms with Crippen LogP contribution >= 0.6 is 0 Å². The second kappa shape index (κ2) is 8.47. The zero-order chi connectivity index (χ0) is 20.2. The summed E-state index contributed by atoms with van der Waals surface area (Å²) in [4.78, 5) is 15.7. The van der Waals surface area contributed by atoms with E-state index in [1.807, 2.05) is 55.5 Å². The van der Waals surface area contributed by atoms with Gasteiger partial charge >= 0.3 is 0 Å². The van der Waals surface area contributed by atoms with Crippen LogP contribution in [0.15, 0.2) is 59.3 Å². The standard InChI is InChI=1S/C23H25N3O3/c1-15(25-16(2)27)23-12-22(26-29-23)19-10-17(11-19)14-28-20-8-9-21(24-13-20)18-6-4-3-5-7-18/h3-9,12-13,15,17,19H,10-11,14H2,1-2H3,(H,25,27)/t15-,17?,19?/m0/s1. The summed E-state index contributed by atoms with van der Waals surface area (Å²) in [5, 5.41) is 6.99. The number of carbonyl (C=O) groups is 1. The van der Waals surface area contributed by atoms with Crippen molar-refractivity contribution in [2.24, 2.45) is 5.92 Å². The molecule has 29 heavy (non-hydrogen) atoms. The van der Waals surface area contributed by atoms with Crippen LogP contribution in [-0.2, 0) is 4.79 Å². The molecule has 2 aromatic heterocycles. The highest BCUT2D eigenvalue weighted by atomic mass is 16.5. The first-order chi connectivity index (χ1) is 14.1. The number of hydrogen-bond acceptors (Lipinski definition) is 5. The number of carbonyl (C=O) groups excluding carboxylic acids is 1. The number of rotatable bonds is 7. The summed E-state index contributed by atoms with van der Waals surface area (Å²) in [6.07, 6.45) is 3.83. The highest BCUT2D eigenvalue weighted by molar-refractivity contribution is 5.73. The Bertz CT molecular complexity index is 947. The number of hydrogen-bond donors (Lipinski definition) is 1. The van der Waals surface area contributed by atoms with E-state index >= 15 is 0 Å². The van der Waals surface area contributed by atoms with E-state index in [4.69, 9.17) is 9.26 Å². The number of ether oxygens (including phenoxy) is 1. The largest absolute Gasteiger partial charge is 0.492 e. The van der Waals surface area contributed by atoms with E-state index in [0.29, 0.717) is 24.2 Å². The van der Waals surface area contributed by atoms with Crippen molar-refractivity contribution in [3.63, 3.8) is 0 Å². The van der Waals surface area contributed by atoms with Crippen LogP contribution in [0.3, 0.4) is 0 Å². The quantitative estimate of drug-likeness (QED) is 0.641. The summed E-state index contributed by atoms with van der Waals surface area (Å²) in [5.41, 5.74) is 3.00. The van der Waals surface area contributed by atoms with Crippen molar-refractivity contribution < 1.29 is 14.1 Å². The molecule has 0 radical (unpaired) electrons. The summed E-state index contributed by atoms with van der Waals surface area (Å²) in [6, 6.07) is 15.8. The van der Waals surface area contributed by atoms with Crippen molar-refractivity contribution in [2.45, 2.75) is 38.6 Å². The van der Waals surface area contributed by atoms with Crippen molar-refractivity contribution in [3.05, 3.63) is 66.2 Å². The van der Waals surface area contributed by atoms with E-state index < -0.39 is 0 Å². The molecule has 0 bridgehead atoms. The molecule has 0 spiro atoms. The van der Waals surface area contributed by atoms with Crippen molar-refractivity contribution in [1.29, 1.82) is 0 Å². The van der Waals surface area contributed by atoms with Crippen molar-refractivity contribution in [3.8, 4) is 17.0 Å². The minimum absolute atomic E-state index is 0.0809. The summed E-state index contributed by atoms with van der Waals surface area (Å²) in [6.45, 7) is 4.06. The van der Waals surface area contributed by atoms with Gasteiger partial charge in [-0.25, -0.2) is 0 Å². The minimum atomic E-state index is -0.167. The maximum absolute atomic E-state index is 11.2. The minimum Gasteiger partial charge on any atom is -0.492 e. The monoisotopic (exact) mass is 391 g/mol. The fraction of sp³-hybridized carbons (Fsp3) is 0.348. The molecule has 1 N–H and O–H groups in total. The number of benzene rings is 1. The molecule has 1 aromatic carbocycles. The molecular formula is C23H25N3O3. The number of nitrogens with one attached hydrogen (secondary N) is 1. The molecular weight excluding hydrogens is 366 g/mol. The first-order valence-corrected chi connectivity index (χ1v) is 9.96. The Hall–Kier alpha value is -3.15. The van der Waals surface area contributed by atoms with Gasteiger partial charge in [0.2, 0.25) is 5.91 Å². The molecule has 1 fully saturated rings. The van der Waals surface area contributed by atoms with Crippen LogP contribution in [0.25, 0.3) is 11.3 Å². The molecule has 1 saturated carbocycles. The third kappa shape index (κ3) is 4.65. The Morgan fingerprint density at radius 1 is 1.24 bits per heavy atom. The van der Waals surface area contributed by atoms with E-state index in [9.17, 15) is 4.79 Å². The van der Waals surface area contributed by atoms with Gasteiger partial charge in [0.05, 0.1) is 30.2 Å². The van der Waals surface area contributed by atoms with Gasteiger partial charge in [0.1, 0.15) is 5.75 Å². The van der Waals surface area contributed by atoms with Crippen LogP contribution in [0.1, 0.15) is 50.1 Å². The van der Waals surface area contributed by atoms with Crippen molar-refractivity contribution in [2.75, 3.05) is 6.61 Å². The van der Waals surface area contributed by atoms with Gasteiger partial charge in [0.25, 0.3) is 0 Å². The second-order valence-electron chi connectivity index (χ2n) is 7.67. The Morgan fingerprint density at radius 3 is 2.72 bits per heavy atom. The summed E-state index contributed by atoms with van der Waals surface area (Å²) in [5.74, 6) is 2.30. The SMILES string of the molecule is CC(=O)N[C@@H](C)c1cc(C2CC(COc3ccc(-c4ccccc4)nc3)C2)no1. The molecule has 1 aliphatic rings. The number of aromatic nitrogens is 2. The van der Waals surface area contributed by atoms with Crippen molar-refractivity contribution in [1.82, 2.24) is 15.5 Å². The maximum atomic E-state index is 11.2. The molecule has 2 heterocycles. The molecule has 4 rings (SSSR count). The number of amides is 1. The van der Waals surface area contributed by atoms with E-state index in [1.54, 1.807) is 6.20 Å². The van der Waals surface area contributed by atoms with Gasteiger partial charge in [-0.05, 0) is 37.8 Å². The summed E-state index contributed by atoms with van der Waals surface area (Å²) < 4.78 is 11.3. The average Bonchev–Trinajstić information content (AvgIpc) is 3.17. The van der Waals surface area contributed by atoms with E-state index in [0.717, 1.165) is 35.5 Å². The normalized spacial score (nSPS) is 19.2. The molecule has 150 valence electrons. The Kier molecular flexibility index (Phi) is 5.60. The third-order valence-corrected chi connectivity index (χ3v) is 5.34. The van der Waals surface area contributed by atoms with Crippen LogP contribution in [0.2, 0.25) is 0 Å². The van der Waals surface area contributed by atoms with E-state index in [1.165, 1.54) is 6.92 Å². The second-order valence-corrected chi connectivity index (χ2v) is 7.67. The molecule has 0 aliphatic heterocycles. The van der Waals surface area contributed by atoms with Crippen LogP contribution in [-0.4, -0.2) is 22.7 Å². The predicted molar refractivity (Wildman–Crippen MR) is 109 cm³/mol. The molecule has 6 heteroatoms. The maximum Gasteiger partial charge on any atom is 0.217 e. The van der Waals surface area contributed by atoms with Crippen LogP contribution in [0, 0.1) is 5.92 Å². The molecule has 6 nitrogen and oxygen atoms in total. The highest BCUT2D eigenvalue weighted by Crippen LogP contribution is 2.41. The lowest BCUT2D eigenvalue weighted by Crippen LogP contribution is -2.27. The van der Waals surface area contributed by atoms with Gasteiger partial charge in [-0.15, -0.1) is 0 Å². The molecule has 1 aliphatic carbocycles. The van der Waals surface area contributed by atoms with Gasteiger partial charge < -0.3 is 14.6 Å². The lowest BCUT2D eigenvalue weighted by Gasteiger charge is -2.33. The van der Waals surface area contributed by atoms with Gasteiger partial charge in [0.15, 0.2) is 5.76 Å². The zero-order valence-corrected chi connectivity index (χ0v) is 16.7. The lowest BCUT2D eigenvalue weighted by molar-refractivity contribution is -0.119. The molecule has 0 unspecified atom stereocenters. The van der Waals surface area contributed by atoms with Crippen LogP contribution < -0.4 is 10.1 Å². The van der Waals surface area contributed by atoms with Gasteiger partial charge in [-0.2, -0.15) is 0 Å². The highest BCUT2D eigenvalue weighted by Gasteiger charge is 2.33. The molecule has 1 amide bonds. The number of nitrogens with zero attached hydrogens (tertiary/aromatic N) is 2. The Balaban J connectivity index is 1.24. The average molecular weight is 391 g/mol. The molecule has 0 saturated heterocycles. The van der Waals surface area contributed by atoms with Crippen LogP contribution in [0.5, 0.6) is 5.75 Å². The van der Waals surface area contributed by atoms with Gasteiger partial charge in [-0.1, -0.05) is 35.5 Å². The first kappa shape index (κ1) is 19.2. The predicted octanol–water partition coefficient (Wildman–Crippen LogP) is 4.51. The van der Waals surface area contributed by atoms with Crippen molar-refractivity contribution >= 4 is 5.91 Å². The third-order valence-electron chi connectivity index (χ3n) is 5.34. The summed E-state index contributed by atoms with van der Waals surface area (Å²) >= 11 is 0. The molecule has 1 atom stereocenters. The van der Waals surface area contributed by atoms with Gasteiger partial charge in [0, 0.05) is 24.5 Å². The number of pyridine rings is 1. The van der Waals surface area contributed by atoms with Gasteiger partial charge in [-0.3, -0.25) is 9.78 Å². The Morgan fingerprint density at radius 2 is 2.03 bits per heavy atom. The Labute approximate surface area is 170 Å². The summed E-state index contributed by atoms with van der Waals surface area (Å²) in [7, 11) is 0. The van der Waals surface area contributed by atoms with E-state index in [2.05, 4.69) is 15.5 Å². The van der Waals surface area contributed by atoms with E-state index in [-0.39, 0.29) is 11.9 Å². The molecule has 3 aromatic rings. The fourth-order valence-electron chi connectivity index (χ4n) is 3.65. The zero-order valence-electron chi connectivity index (χ0n) is 16.7. The fourth-order valence-corrected chi connectivity index (χ4v) is 3.65. The lowest BCUT2D eigenvalue weighted by atomic mass is 9.73.